The van der Waals surface area contributed by atoms with Crippen LogP contribution in [0.3, 0.4) is 0 Å². The molecule has 0 saturated carbocycles. The molecule has 2 nitrogen and oxygen atoms in total. The summed E-state index contributed by atoms with van der Waals surface area (Å²) >= 11 is 11.9. The zero-order valence-electron chi connectivity index (χ0n) is 9.76. The molecule has 0 amide bonds. The standard InChI is InChI=1S/C12H17Cl2NO/c1-8(2)16-15-9(3)6-10-4-5-11(13)7-12(10)14/h4-5,7-9,15H,6H2,1-3H3. The van der Waals surface area contributed by atoms with Crippen LogP contribution in [0.4, 0.5) is 0 Å². The first-order chi connectivity index (χ1) is 7.49. The second kappa shape index (κ2) is 6.45. The van der Waals surface area contributed by atoms with E-state index in [2.05, 4.69) is 5.48 Å². The summed E-state index contributed by atoms with van der Waals surface area (Å²) in [5.41, 5.74) is 4.05. The molecule has 90 valence electrons. The Bertz CT molecular complexity index is 342. The van der Waals surface area contributed by atoms with Crippen LogP contribution in [0.5, 0.6) is 0 Å². The Labute approximate surface area is 107 Å². The summed E-state index contributed by atoms with van der Waals surface area (Å²) in [7, 11) is 0. The van der Waals surface area contributed by atoms with E-state index in [1.807, 2.05) is 32.9 Å². The fourth-order valence-electron chi connectivity index (χ4n) is 1.31. The lowest BCUT2D eigenvalue weighted by molar-refractivity contribution is -0.0224. The van der Waals surface area contributed by atoms with Gasteiger partial charge in [0.1, 0.15) is 0 Å². The monoisotopic (exact) mass is 261 g/mol. The molecule has 16 heavy (non-hydrogen) atoms. The van der Waals surface area contributed by atoms with E-state index in [1.165, 1.54) is 0 Å². The van der Waals surface area contributed by atoms with Crippen molar-refractivity contribution in [2.24, 2.45) is 0 Å². The van der Waals surface area contributed by atoms with Crippen LogP contribution in [-0.2, 0) is 11.3 Å². The molecular weight excluding hydrogens is 245 g/mol. The highest BCUT2D eigenvalue weighted by molar-refractivity contribution is 6.35. The molecule has 1 aromatic carbocycles. The third-order valence-corrected chi connectivity index (χ3v) is 2.63. The normalized spacial score (nSPS) is 13.1. The molecule has 0 aliphatic rings. The largest absolute Gasteiger partial charge is 0.299 e. The van der Waals surface area contributed by atoms with Crippen LogP contribution in [0.25, 0.3) is 0 Å². The van der Waals surface area contributed by atoms with Gasteiger partial charge in [0, 0.05) is 16.1 Å². The van der Waals surface area contributed by atoms with Gasteiger partial charge in [-0.25, -0.2) is 0 Å². The van der Waals surface area contributed by atoms with Crippen molar-refractivity contribution in [3.05, 3.63) is 33.8 Å². The first kappa shape index (κ1) is 13.8. The highest BCUT2D eigenvalue weighted by Crippen LogP contribution is 2.22. The molecule has 1 atom stereocenters. The van der Waals surface area contributed by atoms with Crippen LogP contribution in [0.1, 0.15) is 26.3 Å². The summed E-state index contributed by atoms with van der Waals surface area (Å²) in [4.78, 5) is 5.32. The van der Waals surface area contributed by atoms with Crippen molar-refractivity contribution in [2.75, 3.05) is 0 Å². The molecule has 0 fully saturated rings. The van der Waals surface area contributed by atoms with E-state index in [9.17, 15) is 0 Å². The molecule has 4 heteroatoms. The number of hydrogen-bond donors (Lipinski definition) is 1. The van der Waals surface area contributed by atoms with Crippen molar-refractivity contribution in [1.82, 2.24) is 5.48 Å². The van der Waals surface area contributed by atoms with Crippen molar-refractivity contribution < 1.29 is 4.84 Å². The summed E-state index contributed by atoms with van der Waals surface area (Å²) < 4.78 is 0. The molecule has 1 unspecified atom stereocenters. The average Bonchev–Trinajstić information content (AvgIpc) is 2.19. The van der Waals surface area contributed by atoms with Crippen molar-refractivity contribution >= 4 is 23.2 Å². The average molecular weight is 262 g/mol. The van der Waals surface area contributed by atoms with E-state index >= 15 is 0 Å². The summed E-state index contributed by atoms with van der Waals surface area (Å²) in [6.07, 6.45) is 0.978. The fraction of sp³-hybridized carbons (Fsp3) is 0.500. The molecule has 0 bridgehead atoms. The minimum absolute atomic E-state index is 0.170. The van der Waals surface area contributed by atoms with Gasteiger partial charge in [0.05, 0.1) is 6.10 Å². The van der Waals surface area contributed by atoms with Gasteiger partial charge in [0.15, 0.2) is 0 Å². The Kier molecular flexibility index (Phi) is 5.56. The smallest absolute Gasteiger partial charge is 0.0734 e. The first-order valence-corrected chi connectivity index (χ1v) is 6.09. The first-order valence-electron chi connectivity index (χ1n) is 5.34. The molecule has 1 N–H and O–H groups in total. The van der Waals surface area contributed by atoms with Crippen molar-refractivity contribution in [3.63, 3.8) is 0 Å². The Morgan fingerprint density at radius 2 is 1.94 bits per heavy atom. The Morgan fingerprint density at radius 3 is 2.50 bits per heavy atom. The number of halogens is 2. The molecule has 0 aliphatic carbocycles. The van der Waals surface area contributed by atoms with E-state index in [0.29, 0.717) is 10.0 Å². The van der Waals surface area contributed by atoms with Gasteiger partial charge in [-0.3, -0.25) is 4.84 Å². The van der Waals surface area contributed by atoms with Gasteiger partial charge in [-0.2, -0.15) is 5.48 Å². The van der Waals surface area contributed by atoms with Crippen LogP contribution in [-0.4, -0.2) is 12.1 Å². The molecule has 0 saturated heterocycles. The van der Waals surface area contributed by atoms with Gasteiger partial charge in [-0.05, 0) is 44.9 Å². The van der Waals surface area contributed by atoms with Crippen molar-refractivity contribution in [2.45, 2.75) is 39.3 Å². The number of nitrogens with one attached hydrogen (secondary N) is 1. The highest BCUT2D eigenvalue weighted by Gasteiger charge is 2.07. The third-order valence-electron chi connectivity index (χ3n) is 2.05. The molecule has 0 heterocycles. The van der Waals surface area contributed by atoms with E-state index < -0.39 is 0 Å². The molecule has 0 aromatic heterocycles. The van der Waals surface area contributed by atoms with Gasteiger partial charge in [-0.15, -0.1) is 0 Å². The lowest BCUT2D eigenvalue weighted by atomic mass is 10.1. The maximum Gasteiger partial charge on any atom is 0.0734 e. The Balaban J connectivity index is 2.52. The summed E-state index contributed by atoms with van der Waals surface area (Å²) in [5.74, 6) is 0. The third kappa shape index (κ3) is 4.71. The molecule has 0 radical (unpaired) electrons. The van der Waals surface area contributed by atoms with Crippen LogP contribution in [0.15, 0.2) is 18.2 Å². The van der Waals surface area contributed by atoms with E-state index in [-0.39, 0.29) is 12.1 Å². The SMILES string of the molecule is CC(Cc1ccc(Cl)cc1Cl)NOC(C)C. The summed E-state index contributed by atoms with van der Waals surface area (Å²) in [6.45, 7) is 6.01. The lowest BCUT2D eigenvalue weighted by Gasteiger charge is -2.16. The topological polar surface area (TPSA) is 21.3 Å². The maximum absolute atomic E-state index is 6.08. The Hall–Kier alpha value is -0.280. The van der Waals surface area contributed by atoms with Gasteiger partial charge in [0.2, 0.25) is 0 Å². The van der Waals surface area contributed by atoms with Crippen LogP contribution < -0.4 is 5.48 Å². The fourth-order valence-corrected chi connectivity index (χ4v) is 1.80. The second-order valence-corrected chi connectivity index (χ2v) is 4.97. The highest BCUT2D eigenvalue weighted by atomic mass is 35.5. The van der Waals surface area contributed by atoms with Crippen molar-refractivity contribution in [3.8, 4) is 0 Å². The minimum atomic E-state index is 0.170. The van der Waals surface area contributed by atoms with Crippen molar-refractivity contribution in [1.29, 1.82) is 0 Å². The molecule has 0 spiro atoms. The van der Waals surface area contributed by atoms with Gasteiger partial charge < -0.3 is 0 Å². The number of rotatable bonds is 5. The lowest BCUT2D eigenvalue weighted by Crippen LogP contribution is -2.30. The van der Waals surface area contributed by atoms with E-state index in [4.69, 9.17) is 28.0 Å². The predicted molar refractivity (Wildman–Crippen MR) is 69.0 cm³/mol. The molecule has 1 rings (SSSR count). The zero-order chi connectivity index (χ0) is 12.1. The van der Waals surface area contributed by atoms with E-state index in [0.717, 1.165) is 12.0 Å². The van der Waals surface area contributed by atoms with Crippen LogP contribution in [0, 0.1) is 0 Å². The van der Waals surface area contributed by atoms with Crippen LogP contribution in [0.2, 0.25) is 10.0 Å². The summed E-state index contributed by atoms with van der Waals surface area (Å²) in [6, 6.07) is 5.76. The molecular formula is C12H17Cl2NO. The van der Waals surface area contributed by atoms with E-state index in [1.54, 1.807) is 6.07 Å². The van der Waals surface area contributed by atoms with Gasteiger partial charge in [-0.1, -0.05) is 29.3 Å². The number of benzene rings is 1. The predicted octanol–water partition coefficient (Wildman–Crippen LogP) is 3.85. The van der Waals surface area contributed by atoms with Gasteiger partial charge >= 0.3 is 0 Å². The zero-order valence-corrected chi connectivity index (χ0v) is 11.3. The minimum Gasteiger partial charge on any atom is -0.299 e. The Morgan fingerprint density at radius 1 is 1.25 bits per heavy atom. The summed E-state index contributed by atoms with van der Waals surface area (Å²) in [5, 5.41) is 1.36. The second-order valence-electron chi connectivity index (χ2n) is 4.13. The molecule has 0 aliphatic heterocycles. The quantitative estimate of drug-likeness (QED) is 0.814. The number of hydrogen-bond acceptors (Lipinski definition) is 2. The van der Waals surface area contributed by atoms with Crippen LogP contribution >= 0.6 is 23.2 Å². The molecule has 1 aromatic rings. The van der Waals surface area contributed by atoms with Gasteiger partial charge in [0.25, 0.3) is 0 Å². The maximum atomic E-state index is 6.08. The number of hydroxylamine groups is 1.